The second-order valence-corrected chi connectivity index (χ2v) is 8.33. The van der Waals surface area contributed by atoms with Crippen molar-refractivity contribution in [2.75, 3.05) is 13.1 Å². The molecule has 0 saturated carbocycles. The summed E-state index contributed by atoms with van der Waals surface area (Å²) < 4.78 is 15.5. The SMILES string of the molecule is Fc1ccc(CSc2nnc(CN3CCCC3)n2Cc2ccccc2)c(Cl)c1. The second-order valence-electron chi connectivity index (χ2n) is 6.98. The molecule has 28 heavy (non-hydrogen) atoms. The van der Waals surface area contributed by atoms with Gasteiger partial charge < -0.3 is 4.57 Å². The van der Waals surface area contributed by atoms with Gasteiger partial charge in [0.05, 0.1) is 13.1 Å². The van der Waals surface area contributed by atoms with Crippen LogP contribution in [0.15, 0.2) is 53.7 Å². The molecule has 146 valence electrons. The number of rotatable bonds is 7. The third-order valence-corrected chi connectivity index (χ3v) is 6.28. The number of benzene rings is 2. The fourth-order valence-corrected chi connectivity index (χ4v) is 4.66. The first-order valence-corrected chi connectivity index (χ1v) is 10.8. The summed E-state index contributed by atoms with van der Waals surface area (Å²) >= 11 is 7.76. The normalized spacial score (nSPS) is 14.6. The lowest BCUT2D eigenvalue weighted by Crippen LogP contribution is -2.21. The fourth-order valence-electron chi connectivity index (χ4n) is 3.39. The van der Waals surface area contributed by atoms with Crippen molar-refractivity contribution in [3.63, 3.8) is 0 Å². The molecule has 4 rings (SSSR count). The van der Waals surface area contributed by atoms with Gasteiger partial charge in [0, 0.05) is 10.8 Å². The number of thioether (sulfide) groups is 1. The van der Waals surface area contributed by atoms with Gasteiger partial charge in [-0.1, -0.05) is 59.8 Å². The van der Waals surface area contributed by atoms with Crippen LogP contribution in [0.2, 0.25) is 5.02 Å². The Labute approximate surface area is 173 Å². The van der Waals surface area contributed by atoms with Crippen LogP contribution in [0, 0.1) is 5.82 Å². The third-order valence-electron chi connectivity index (χ3n) is 4.91. The molecule has 1 aliphatic heterocycles. The molecule has 7 heteroatoms. The lowest BCUT2D eigenvalue weighted by atomic mass is 10.2. The van der Waals surface area contributed by atoms with Gasteiger partial charge in [0.2, 0.25) is 0 Å². The van der Waals surface area contributed by atoms with E-state index in [1.54, 1.807) is 17.8 Å². The molecule has 1 aliphatic rings. The summed E-state index contributed by atoms with van der Waals surface area (Å²) in [6, 6.07) is 14.9. The summed E-state index contributed by atoms with van der Waals surface area (Å²) in [5.41, 5.74) is 2.11. The number of aromatic nitrogens is 3. The first-order valence-electron chi connectivity index (χ1n) is 9.44. The Morgan fingerprint density at radius 3 is 2.54 bits per heavy atom. The first-order chi connectivity index (χ1) is 13.7. The zero-order valence-corrected chi connectivity index (χ0v) is 17.1. The van der Waals surface area contributed by atoms with Gasteiger partial charge in [0.25, 0.3) is 0 Å². The highest BCUT2D eigenvalue weighted by Gasteiger charge is 2.19. The summed E-state index contributed by atoms with van der Waals surface area (Å²) in [4.78, 5) is 2.43. The van der Waals surface area contributed by atoms with Gasteiger partial charge in [-0.3, -0.25) is 4.90 Å². The lowest BCUT2D eigenvalue weighted by molar-refractivity contribution is 0.316. The van der Waals surface area contributed by atoms with Crippen molar-refractivity contribution in [3.8, 4) is 0 Å². The number of nitrogens with zero attached hydrogens (tertiary/aromatic N) is 4. The molecule has 0 atom stereocenters. The van der Waals surface area contributed by atoms with E-state index in [0.717, 1.165) is 42.7 Å². The van der Waals surface area contributed by atoms with Crippen LogP contribution in [-0.2, 0) is 18.8 Å². The molecule has 2 aromatic carbocycles. The molecule has 1 fully saturated rings. The largest absolute Gasteiger partial charge is 0.300 e. The molecule has 1 saturated heterocycles. The van der Waals surface area contributed by atoms with Crippen molar-refractivity contribution in [2.45, 2.75) is 36.8 Å². The Bertz CT molecular complexity index is 925. The van der Waals surface area contributed by atoms with Crippen molar-refractivity contribution in [1.82, 2.24) is 19.7 Å². The van der Waals surface area contributed by atoms with Crippen LogP contribution in [0.4, 0.5) is 4.39 Å². The molecule has 3 aromatic rings. The highest BCUT2D eigenvalue weighted by atomic mass is 35.5. The van der Waals surface area contributed by atoms with E-state index < -0.39 is 0 Å². The van der Waals surface area contributed by atoms with Gasteiger partial charge >= 0.3 is 0 Å². The Hall–Kier alpha value is -1.89. The van der Waals surface area contributed by atoms with E-state index in [1.807, 2.05) is 18.2 Å². The van der Waals surface area contributed by atoms with Gasteiger partial charge in [-0.05, 0) is 49.2 Å². The number of halogens is 2. The summed E-state index contributed by atoms with van der Waals surface area (Å²) in [5, 5.41) is 10.2. The van der Waals surface area contributed by atoms with Crippen LogP contribution in [0.3, 0.4) is 0 Å². The third kappa shape index (κ3) is 4.74. The van der Waals surface area contributed by atoms with Crippen LogP contribution in [0.5, 0.6) is 0 Å². The molecule has 0 unspecified atom stereocenters. The molecule has 2 heterocycles. The zero-order valence-electron chi connectivity index (χ0n) is 15.5. The average Bonchev–Trinajstić information content (AvgIpc) is 3.33. The van der Waals surface area contributed by atoms with Gasteiger partial charge in [-0.25, -0.2) is 4.39 Å². The number of hydrogen-bond donors (Lipinski definition) is 0. The minimum Gasteiger partial charge on any atom is -0.300 e. The second kappa shape index (κ2) is 9.07. The predicted molar refractivity (Wildman–Crippen MR) is 111 cm³/mol. The topological polar surface area (TPSA) is 34.0 Å². The maximum absolute atomic E-state index is 13.3. The maximum atomic E-state index is 13.3. The molecular weight excluding hydrogens is 395 g/mol. The Kier molecular flexibility index (Phi) is 6.29. The predicted octanol–water partition coefficient (Wildman–Crippen LogP) is 5.01. The molecule has 0 radical (unpaired) electrons. The quantitative estimate of drug-likeness (QED) is 0.507. The summed E-state index contributed by atoms with van der Waals surface area (Å²) in [7, 11) is 0. The maximum Gasteiger partial charge on any atom is 0.191 e. The van der Waals surface area contributed by atoms with Crippen LogP contribution < -0.4 is 0 Å². The van der Waals surface area contributed by atoms with Gasteiger partial charge in [0.1, 0.15) is 11.6 Å². The van der Waals surface area contributed by atoms with Crippen LogP contribution in [0.25, 0.3) is 0 Å². The van der Waals surface area contributed by atoms with Crippen LogP contribution in [-0.4, -0.2) is 32.8 Å². The van der Waals surface area contributed by atoms with E-state index in [9.17, 15) is 4.39 Å². The molecule has 0 bridgehead atoms. The van der Waals surface area contributed by atoms with E-state index in [4.69, 9.17) is 11.6 Å². The summed E-state index contributed by atoms with van der Waals surface area (Å²) in [5.74, 6) is 1.28. The molecule has 0 aliphatic carbocycles. The van der Waals surface area contributed by atoms with Gasteiger partial charge in [-0.2, -0.15) is 0 Å². The van der Waals surface area contributed by atoms with Crippen molar-refractivity contribution < 1.29 is 4.39 Å². The van der Waals surface area contributed by atoms with Crippen molar-refractivity contribution in [2.24, 2.45) is 0 Å². The standard InChI is InChI=1S/C21H22ClFN4S/c22-19-12-18(23)9-8-17(19)15-28-21-25-24-20(14-26-10-4-5-11-26)27(21)13-16-6-2-1-3-7-16/h1-3,6-9,12H,4-5,10-11,13-15H2. The number of hydrogen-bond acceptors (Lipinski definition) is 4. The van der Waals surface area contributed by atoms with Crippen LogP contribution in [0.1, 0.15) is 29.8 Å². The first kappa shape index (κ1) is 19.4. The average molecular weight is 417 g/mol. The van der Waals surface area contributed by atoms with Gasteiger partial charge in [0.15, 0.2) is 5.16 Å². The molecule has 0 amide bonds. The van der Waals surface area contributed by atoms with Gasteiger partial charge in [-0.15, -0.1) is 10.2 Å². The fraction of sp³-hybridized carbons (Fsp3) is 0.333. The van der Waals surface area contributed by atoms with E-state index >= 15 is 0 Å². The van der Waals surface area contributed by atoms with E-state index in [2.05, 4.69) is 31.8 Å². The van der Waals surface area contributed by atoms with E-state index in [1.165, 1.54) is 30.5 Å². The van der Waals surface area contributed by atoms with Crippen molar-refractivity contribution in [3.05, 3.63) is 76.3 Å². The Morgan fingerprint density at radius 2 is 1.79 bits per heavy atom. The van der Waals surface area contributed by atoms with Crippen molar-refractivity contribution in [1.29, 1.82) is 0 Å². The molecule has 4 nitrogen and oxygen atoms in total. The number of likely N-dealkylation sites (tertiary alicyclic amines) is 1. The zero-order chi connectivity index (χ0) is 19.3. The molecule has 0 N–H and O–H groups in total. The van der Waals surface area contributed by atoms with E-state index in [0.29, 0.717) is 10.8 Å². The van der Waals surface area contributed by atoms with Crippen LogP contribution >= 0.6 is 23.4 Å². The monoisotopic (exact) mass is 416 g/mol. The Morgan fingerprint density at radius 1 is 1.00 bits per heavy atom. The minimum atomic E-state index is -0.320. The molecule has 0 spiro atoms. The minimum absolute atomic E-state index is 0.320. The lowest BCUT2D eigenvalue weighted by Gasteiger charge is -2.16. The molecular formula is C21H22ClFN4S. The van der Waals surface area contributed by atoms with E-state index in [-0.39, 0.29) is 5.82 Å². The summed E-state index contributed by atoms with van der Waals surface area (Å²) in [6.07, 6.45) is 2.50. The summed E-state index contributed by atoms with van der Waals surface area (Å²) in [6.45, 7) is 3.78. The van der Waals surface area contributed by atoms with Crippen molar-refractivity contribution >= 4 is 23.4 Å². The highest BCUT2D eigenvalue weighted by molar-refractivity contribution is 7.98. The smallest absolute Gasteiger partial charge is 0.191 e. The molecule has 1 aromatic heterocycles. The Balaban J connectivity index is 1.55. The highest BCUT2D eigenvalue weighted by Crippen LogP contribution is 2.28.